The minimum absolute atomic E-state index is 0.0439. The molecule has 7 nitrogen and oxygen atoms in total. The molecule has 2 aromatic rings. The molecule has 0 aliphatic carbocycles. The number of carbonyl (C=O) groups is 2. The maximum atomic E-state index is 12.1. The first-order valence-corrected chi connectivity index (χ1v) is 6.49. The number of carboxylic acid groups (broad SMARTS) is 1. The Morgan fingerprint density at radius 2 is 2.14 bits per heavy atom. The second-order valence-electron chi connectivity index (χ2n) is 4.68. The van der Waals surface area contributed by atoms with E-state index in [1.807, 2.05) is 6.92 Å². The first-order valence-electron chi connectivity index (χ1n) is 6.49. The van der Waals surface area contributed by atoms with Crippen LogP contribution in [0.4, 0.5) is 0 Å². The highest BCUT2D eigenvalue weighted by Crippen LogP contribution is 2.24. The predicted molar refractivity (Wildman–Crippen MR) is 72.1 cm³/mol. The molecular formula is C14H16N2O5. The summed E-state index contributed by atoms with van der Waals surface area (Å²) in [5, 5.41) is 15.5. The van der Waals surface area contributed by atoms with Gasteiger partial charge in [0, 0.05) is 11.6 Å². The standard InChI is InChI=1S/C14H16N2O5/c1-4-10(12-7(2)16-21-8(12)3)15-13(17)11-5-9(6-20-11)14(18)19/h5-6,10H,4H2,1-3H3,(H,15,17)(H,18,19). The summed E-state index contributed by atoms with van der Waals surface area (Å²) in [6, 6.07) is 0.916. The molecule has 2 aromatic heterocycles. The lowest BCUT2D eigenvalue weighted by Gasteiger charge is -2.15. The van der Waals surface area contributed by atoms with Crippen LogP contribution in [0.25, 0.3) is 0 Å². The van der Waals surface area contributed by atoms with E-state index in [0.29, 0.717) is 17.9 Å². The molecule has 2 heterocycles. The second kappa shape index (κ2) is 5.82. The van der Waals surface area contributed by atoms with Crippen molar-refractivity contribution in [1.29, 1.82) is 0 Å². The van der Waals surface area contributed by atoms with E-state index in [0.717, 1.165) is 11.8 Å². The first kappa shape index (κ1) is 14.8. The highest BCUT2D eigenvalue weighted by atomic mass is 16.5. The van der Waals surface area contributed by atoms with Crippen LogP contribution in [0.2, 0.25) is 0 Å². The largest absolute Gasteiger partial charge is 0.478 e. The number of aryl methyl sites for hydroxylation is 2. The number of hydrogen-bond acceptors (Lipinski definition) is 5. The molecule has 21 heavy (non-hydrogen) atoms. The molecule has 2 N–H and O–H groups in total. The number of aromatic carboxylic acids is 1. The van der Waals surface area contributed by atoms with E-state index in [-0.39, 0.29) is 17.4 Å². The van der Waals surface area contributed by atoms with Gasteiger partial charge in [-0.1, -0.05) is 12.1 Å². The van der Waals surface area contributed by atoms with Crippen molar-refractivity contribution in [2.45, 2.75) is 33.2 Å². The summed E-state index contributed by atoms with van der Waals surface area (Å²) in [7, 11) is 0. The Morgan fingerprint density at radius 1 is 1.43 bits per heavy atom. The van der Waals surface area contributed by atoms with Crippen LogP contribution in [0.3, 0.4) is 0 Å². The molecule has 0 saturated carbocycles. The van der Waals surface area contributed by atoms with E-state index < -0.39 is 11.9 Å². The fourth-order valence-corrected chi connectivity index (χ4v) is 2.16. The average molecular weight is 292 g/mol. The lowest BCUT2D eigenvalue weighted by molar-refractivity contribution is 0.0695. The van der Waals surface area contributed by atoms with E-state index in [1.54, 1.807) is 13.8 Å². The molecule has 0 saturated heterocycles. The van der Waals surface area contributed by atoms with Crippen molar-refractivity contribution in [2.24, 2.45) is 0 Å². The van der Waals surface area contributed by atoms with E-state index in [4.69, 9.17) is 14.0 Å². The summed E-state index contributed by atoms with van der Waals surface area (Å²) in [4.78, 5) is 22.9. The third-order valence-corrected chi connectivity index (χ3v) is 3.22. The van der Waals surface area contributed by atoms with Gasteiger partial charge in [-0.3, -0.25) is 4.79 Å². The molecule has 2 rings (SSSR count). The zero-order chi connectivity index (χ0) is 15.6. The Labute approximate surface area is 120 Å². The smallest absolute Gasteiger partial charge is 0.338 e. The molecule has 0 radical (unpaired) electrons. The van der Waals surface area contributed by atoms with Gasteiger partial charge in [0.2, 0.25) is 0 Å². The van der Waals surface area contributed by atoms with Crippen molar-refractivity contribution in [3.63, 3.8) is 0 Å². The monoisotopic (exact) mass is 292 g/mol. The van der Waals surface area contributed by atoms with Crippen LogP contribution in [-0.4, -0.2) is 22.1 Å². The first-order chi connectivity index (χ1) is 9.93. The molecule has 0 aliphatic heterocycles. The molecule has 0 spiro atoms. The molecular weight excluding hydrogens is 276 g/mol. The van der Waals surface area contributed by atoms with Crippen molar-refractivity contribution >= 4 is 11.9 Å². The number of hydrogen-bond donors (Lipinski definition) is 2. The van der Waals surface area contributed by atoms with Crippen LogP contribution >= 0.6 is 0 Å². The van der Waals surface area contributed by atoms with Crippen molar-refractivity contribution in [1.82, 2.24) is 10.5 Å². The zero-order valence-electron chi connectivity index (χ0n) is 12.0. The fourth-order valence-electron chi connectivity index (χ4n) is 2.16. The Morgan fingerprint density at radius 3 is 2.62 bits per heavy atom. The summed E-state index contributed by atoms with van der Waals surface area (Å²) in [5.41, 5.74) is 1.48. The van der Waals surface area contributed by atoms with Gasteiger partial charge >= 0.3 is 5.97 Å². The van der Waals surface area contributed by atoms with Crippen molar-refractivity contribution < 1.29 is 23.6 Å². The van der Waals surface area contributed by atoms with Gasteiger partial charge in [-0.15, -0.1) is 0 Å². The molecule has 1 unspecified atom stereocenters. The van der Waals surface area contributed by atoms with Crippen LogP contribution in [0.15, 0.2) is 21.3 Å². The predicted octanol–water partition coefficient (Wildman–Crippen LogP) is 2.46. The lowest BCUT2D eigenvalue weighted by atomic mass is 10.0. The Bertz CT molecular complexity index is 651. The van der Waals surface area contributed by atoms with Gasteiger partial charge in [0.25, 0.3) is 5.91 Å². The van der Waals surface area contributed by atoms with E-state index >= 15 is 0 Å². The third kappa shape index (κ3) is 2.96. The number of nitrogens with one attached hydrogen (secondary N) is 1. The van der Waals surface area contributed by atoms with Gasteiger partial charge in [0.05, 0.1) is 17.3 Å². The number of rotatable bonds is 5. The molecule has 0 fully saturated rings. The highest BCUT2D eigenvalue weighted by Gasteiger charge is 2.23. The fraction of sp³-hybridized carbons (Fsp3) is 0.357. The van der Waals surface area contributed by atoms with Gasteiger partial charge in [0.1, 0.15) is 12.0 Å². The number of carboxylic acids is 1. The molecule has 1 atom stereocenters. The Kier molecular flexibility index (Phi) is 4.11. The van der Waals surface area contributed by atoms with Crippen LogP contribution in [-0.2, 0) is 0 Å². The van der Waals surface area contributed by atoms with Crippen molar-refractivity contribution in [3.8, 4) is 0 Å². The Hall–Kier alpha value is -2.57. The van der Waals surface area contributed by atoms with Gasteiger partial charge in [-0.2, -0.15) is 0 Å². The average Bonchev–Trinajstić information content (AvgIpc) is 3.04. The maximum Gasteiger partial charge on any atom is 0.338 e. The minimum Gasteiger partial charge on any atom is -0.478 e. The quantitative estimate of drug-likeness (QED) is 0.876. The molecule has 0 bridgehead atoms. The van der Waals surface area contributed by atoms with E-state index in [1.165, 1.54) is 6.07 Å². The highest BCUT2D eigenvalue weighted by molar-refractivity contribution is 5.95. The number of aromatic nitrogens is 1. The van der Waals surface area contributed by atoms with Gasteiger partial charge in [0.15, 0.2) is 5.76 Å². The van der Waals surface area contributed by atoms with Crippen molar-refractivity contribution in [2.75, 3.05) is 0 Å². The van der Waals surface area contributed by atoms with Crippen molar-refractivity contribution in [3.05, 3.63) is 40.7 Å². The number of nitrogens with zero attached hydrogens (tertiary/aromatic N) is 1. The second-order valence-corrected chi connectivity index (χ2v) is 4.68. The summed E-state index contributed by atoms with van der Waals surface area (Å²) in [5.74, 6) is -1.02. The molecule has 112 valence electrons. The van der Waals surface area contributed by atoms with Gasteiger partial charge in [-0.25, -0.2) is 4.79 Å². The summed E-state index contributed by atoms with van der Waals surface area (Å²) in [6.07, 6.45) is 1.68. The van der Waals surface area contributed by atoms with Gasteiger partial charge in [-0.05, 0) is 20.3 Å². The van der Waals surface area contributed by atoms with Crippen LogP contribution in [0, 0.1) is 13.8 Å². The van der Waals surface area contributed by atoms with E-state index in [2.05, 4.69) is 10.5 Å². The molecule has 0 aromatic carbocycles. The van der Waals surface area contributed by atoms with Crippen LogP contribution in [0.1, 0.15) is 57.3 Å². The lowest BCUT2D eigenvalue weighted by Crippen LogP contribution is -2.28. The minimum atomic E-state index is -1.14. The Balaban J connectivity index is 2.18. The molecule has 7 heteroatoms. The zero-order valence-corrected chi connectivity index (χ0v) is 12.0. The summed E-state index contributed by atoms with van der Waals surface area (Å²) in [6.45, 7) is 5.50. The maximum absolute atomic E-state index is 12.1. The van der Waals surface area contributed by atoms with Gasteiger partial charge < -0.3 is 19.4 Å². The summed E-state index contributed by atoms with van der Waals surface area (Å²) < 4.78 is 10.1. The van der Waals surface area contributed by atoms with Crippen LogP contribution < -0.4 is 5.32 Å². The van der Waals surface area contributed by atoms with E-state index in [9.17, 15) is 9.59 Å². The number of carbonyl (C=O) groups excluding carboxylic acids is 1. The topological polar surface area (TPSA) is 106 Å². The molecule has 0 aliphatic rings. The number of furan rings is 1. The SMILES string of the molecule is CCC(NC(=O)c1cc(C(=O)O)co1)c1c(C)noc1C. The normalized spacial score (nSPS) is 12.1. The summed E-state index contributed by atoms with van der Waals surface area (Å²) >= 11 is 0. The number of amides is 1. The third-order valence-electron chi connectivity index (χ3n) is 3.22. The molecule has 1 amide bonds. The van der Waals surface area contributed by atoms with Crippen LogP contribution in [0.5, 0.6) is 0 Å².